The van der Waals surface area contributed by atoms with Crippen molar-refractivity contribution in [2.75, 3.05) is 24.4 Å². The number of hydrogen-bond donors (Lipinski definition) is 1. The Balaban J connectivity index is 1.92. The molecule has 0 aliphatic carbocycles. The lowest BCUT2D eigenvalue weighted by molar-refractivity contribution is -0.129. The van der Waals surface area contributed by atoms with E-state index in [1.54, 1.807) is 10.0 Å². The van der Waals surface area contributed by atoms with Crippen molar-refractivity contribution < 1.29 is 9.59 Å². The van der Waals surface area contributed by atoms with Crippen LogP contribution in [-0.2, 0) is 15.0 Å². The van der Waals surface area contributed by atoms with Gasteiger partial charge < -0.3 is 5.32 Å². The van der Waals surface area contributed by atoms with E-state index in [0.29, 0.717) is 6.42 Å². The largest absolute Gasteiger partial charge is 0.326 e. The van der Waals surface area contributed by atoms with Crippen LogP contribution in [0.5, 0.6) is 0 Å². The van der Waals surface area contributed by atoms with Crippen LogP contribution in [0.25, 0.3) is 0 Å². The van der Waals surface area contributed by atoms with Gasteiger partial charge in [0, 0.05) is 26.2 Å². The van der Waals surface area contributed by atoms with Crippen LogP contribution in [0.15, 0.2) is 48.5 Å². The summed E-state index contributed by atoms with van der Waals surface area (Å²) in [7, 11) is 3.68. The number of nitrogens with zero attached hydrogens (tertiary/aromatic N) is 2. The molecule has 5 heteroatoms. The van der Waals surface area contributed by atoms with Crippen molar-refractivity contribution in [3.05, 3.63) is 59.7 Å². The van der Waals surface area contributed by atoms with E-state index >= 15 is 0 Å². The number of rotatable bonds is 5. The fraction of sp³-hybridized carbons (Fsp3) is 0.333. The van der Waals surface area contributed by atoms with Gasteiger partial charge in [0.25, 0.3) is 5.91 Å². The van der Waals surface area contributed by atoms with Gasteiger partial charge in [-0.15, -0.1) is 0 Å². The molecule has 2 amide bonds. The number of hydrogen-bond acceptors (Lipinski definition) is 3. The average Bonchev–Trinajstić information content (AvgIpc) is 2.86. The molecular formula is C21H25N3O2. The van der Waals surface area contributed by atoms with Crippen LogP contribution in [0.3, 0.4) is 0 Å². The van der Waals surface area contributed by atoms with E-state index in [9.17, 15) is 9.59 Å². The molecule has 1 aliphatic heterocycles. The fourth-order valence-corrected chi connectivity index (χ4v) is 3.64. The predicted octanol–water partition coefficient (Wildman–Crippen LogP) is 3.49. The van der Waals surface area contributed by atoms with Crippen molar-refractivity contribution in [3.8, 4) is 0 Å². The van der Waals surface area contributed by atoms with Gasteiger partial charge in [0.1, 0.15) is 0 Å². The van der Waals surface area contributed by atoms with Crippen molar-refractivity contribution in [1.82, 2.24) is 5.01 Å². The van der Waals surface area contributed by atoms with Gasteiger partial charge in [-0.3, -0.25) is 9.59 Å². The zero-order valence-corrected chi connectivity index (χ0v) is 15.7. The molecule has 1 aliphatic rings. The second-order valence-electron chi connectivity index (χ2n) is 7.01. The standard InChI is InChI=1S/C21H25N3O2/c1-5-21(14-19(25)22-16-12-10-15(2)11-13-16)17-8-6-7-9-18(17)24(20(21)26)23(3)4/h6-13H,5,14H2,1-4H3,(H,22,25). The number of carbonyl (C=O) groups is 2. The topological polar surface area (TPSA) is 52.7 Å². The Bertz CT molecular complexity index is 829. The maximum absolute atomic E-state index is 13.3. The van der Waals surface area contributed by atoms with Gasteiger partial charge in [0.15, 0.2) is 0 Å². The lowest BCUT2D eigenvalue weighted by Crippen LogP contribution is -2.47. The summed E-state index contributed by atoms with van der Waals surface area (Å²) in [6, 6.07) is 15.4. The molecule has 1 atom stereocenters. The molecule has 26 heavy (non-hydrogen) atoms. The highest BCUT2D eigenvalue weighted by Crippen LogP contribution is 2.46. The van der Waals surface area contributed by atoms with Crippen LogP contribution in [0.2, 0.25) is 0 Å². The summed E-state index contributed by atoms with van der Waals surface area (Å²) in [4.78, 5) is 26.0. The lowest BCUT2D eigenvalue weighted by atomic mass is 9.76. The first-order valence-electron chi connectivity index (χ1n) is 8.87. The predicted molar refractivity (Wildman–Crippen MR) is 104 cm³/mol. The molecule has 3 rings (SSSR count). The number of hydrazine groups is 1. The zero-order chi connectivity index (χ0) is 18.9. The fourth-order valence-electron chi connectivity index (χ4n) is 3.64. The summed E-state index contributed by atoms with van der Waals surface area (Å²) < 4.78 is 0. The van der Waals surface area contributed by atoms with Crippen molar-refractivity contribution in [2.45, 2.75) is 32.1 Å². The highest BCUT2D eigenvalue weighted by Gasteiger charge is 2.51. The Morgan fingerprint density at radius 1 is 1.12 bits per heavy atom. The van der Waals surface area contributed by atoms with Gasteiger partial charge in [-0.25, -0.2) is 10.0 Å². The minimum Gasteiger partial charge on any atom is -0.326 e. The quantitative estimate of drug-likeness (QED) is 0.897. The number of nitrogens with one attached hydrogen (secondary N) is 1. The van der Waals surface area contributed by atoms with Crippen LogP contribution >= 0.6 is 0 Å². The first-order valence-corrected chi connectivity index (χ1v) is 8.87. The normalized spacial score (nSPS) is 19.0. The molecule has 0 aromatic heterocycles. The Hall–Kier alpha value is -2.66. The third-order valence-corrected chi connectivity index (χ3v) is 5.05. The van der Waals surface area contributed by atoms with Gasteiger partial charge >= 0.3 is 0 Å². The Kier molecular flexibility index (Phi) is 4.83. The Morgan fingerprint density at radius 3 is 2.38 bits per heavy atom. The third-order valence-electron chi connectivity index (χ3n) is 5.05. The molecule has 1 N–H and O–H groups in total. The number of amides is 2. The highest BCUT2D eigenvalue weighted by molar-refractivity contribution is 6.10. The summed E-state index contributed by atoms with van der Waals surface area (Å²) in [5.41, 5.74) is 2.81. The highest BCUT2D eigenvalue weighted by atomic mass is 16.2. The SMILES string of the molecule is CCC1(CC(=O)Nc2ccc(C)cc2)C(=O)N(N(C)C)c2ccccc21. The Labute approximate surface area is 154 Å². The third kappa shape index (κ3) is 2.99. The average molecular weight is 351 g/mol. The van der Waals surface area contributed by atoms with E-state index < -0.39 is 5.41 Å². The Morgan fingerprint density at radius 2 is 1.77 bits per heavy atom. The second kappa shape index (κ2) is 6.92. The number of aryl methyl sites for hydroxylation is 1. The smallest absolute Gasteiger partial charge is 0.252 e. The van der Waals surface area contributed by atoms with E-state index in [1.165, 1.54) is 0 Å². The van der Waals surface area contributed by atoms with Gasteiger partial charge in [-0.05, 0) is 37.1 Å². The van der Waals surface area contributed by atoms with Gasteiger partial charge in [-0.2, -0.15) is 0 Å². The van der Waals surface area contributed by atoms with E-state index in [2.05, 4.69) is 5.32 Å². The summed E-state index contributed by atoms with van der Waals surface area (Å²) in [6.07, 6.45) is 0.687. The van der Waals surface area contributed by atoms with Crippen molar-refractivity contribution in [1.29, 1.82) is 0 Å². The molecule has 2 aromatic carbocycles. The van der Waals surface area contributed by atoms with Crippen LogP contribution in [0.1, 0.15) is 30.9 Å². The van der Waals surface area contributed by atoms with E-state index in [0.717, 1.165) is 22.5 Å². The summed E-state index contributed by atoms with van der Waals surface area (Å²) in [5.74, 6) is -0.204. The summed E-state index contributed by atoms with van der Waals surface area (Å²) >= 11 is 0. The van der Waals surface area contributed by atoms with Crippen LogP contribution in [0, 0.1) is 6.92 Å². The number of anilines is 2. The number of carbonyl (C=O) groups excluding carboxylic acids is 2. The first-order chi connectivity index (χ1) is 12.4. The molecule has 5 nitrogen and oxygen atoms in total. The van der Waals surface area contributed by atoms with Crippen LogP contribution in [0.4, 0.5) is 11.4 Å². The number of para-hydroxylation sites is 1. The molecule has 136 valence electrons. The van der Waals surface area contributed by atoms with Crippen LogP contribution < -0.4 is 10.3 Å². The molecular weight excluding hydrogens is 326 g/mol. The monoisotopic (exact) mass is 351 g/mol. The molecule has 0 fully saturated rings. The molecule has 0 radical (unpaired) electrons. The van der Waals surface area contributed by atoms with Crippen molar-refractivity contribution in [3.63, 3.8) is 0 Å². The first kappa shape index (κ1) is 18.1. The molecule has 0 saturated heterocycles. The zero-order valence-electron chi connectivity index (χ0n) is 15.7. The molecule has 0 spiro atoms. The minimum atomic E-state index is -0.838. The molecule has 1 unspecified atom stereocenters. The summed E-state index contributed by atoms with van der Waals surface area (Å²) in [5, 5.41) is 6.37. The van der Waals surface area contributed by atoms with Crippen molar-refractivity contribution in [2.24, 2.45) is 0 Å². The summed E-state index contributed by atoms with van der Waals surface area (Å²) in [6.45, 7) is 3.97. The van der Waals surface area contributed by atoms with Gasteiger partial charge in [0.2, 0.25) is 5.91 Å². The van der Waals surface area contributed by atoms with E-state index in [1.807, 2.05) is 76.5 Å². The maximum Gasteiger partial charge on any atom is 0.252 e. The molecule has 0 saturated carbocycles. The molecule has 1 heterocycles. The van der Waals surface area contributed by atoms with E-state index in [-0.39, 0.29) is 18.2 Å². The second-order valence-corrected chi connectivity index (χ2v) is 7.01. The van der Waals surface area contributed by atoms with E-state index in [4.69, 9.17) is 0 Å². The van der Waals surface area contributed by atoms with Crippen LogP contribution in [-0.4, -0.2) is 30.9 Å². The molecule has 0 bridgehead atoms. The van der Waals surface area contributed by atoms with Gasteiger partial charge in [-0.1, -0.05) is 42.8 Å². The number of fused-ring (bicyclic) bond motifs is 1. The number of benzene rings is 2. The van der Waals surface area contributed by atoms with Gasteiger partial charge in [0.05, 0.1) is 11.1 Å². The van der Waals surface area contributed by atoms with Crippen molar-refractivity contribution >= 4 is 23.2 Å². The minimum absolute atomic E-state index is 0.0507. The lowest BCUT2D eigenvalue weighted by Gasteiger charge is -2.29. The maximum atomic E-state index is 13.3. The molecule has 2 aromatic rings.